The number of hydrogen-bond donors (Lipinski definition) is 1. The fraction of sp³-hybridized carbons (Fsp3) is 0. The monoisotopic (exact) mass is 370 g/mol. The maximum atomic E-state index is 13.3. The van der Waals surface area contributed by atoms with Gasteiger partial charge >= 0.3 is 5.97 Å². The normalized spacial score (nSPS) is 10.8. The minimum Gasteiger partial charge on any atom is -0.478 e. The van der Waals surface area contributed by atoms with Crippen molar-refractivity contribution < 1.29 is 14.3 Å². The molecule has 0 aliphatic heterocycles. The van der Waals surface area contributed by atoms with Crippen LogP contribution in [-0.2, 0) is 4.79 Å². The molecule has 0 fully saturated rings. The summed E-state index contributed by atoms with van der Waals surface area (Å²) in [5.74, 6) is -1.55. The molecule has 0 aliphatic carbocycles. The number of benzene rings is 1. The number of carboxylic acids is 1. The lowest BCUT2D eigenvalue weighted by Crippen LogP contribution is -1.89. The van der Waals surface area contributed by atoms with Gasteiger partial charge in [-0.25, -0.2) is 9.18 Å². The topological polar surface area (TPSA) is 37.3 Å². The van der Waals surface area contributed by atoms with Gasteiger partial charge in [0.2, 0.25) is 0 Å². The van der Waals surface area contributed by atoms with Gasteiger partial charge in [-0.05, 0) is 56.7 Å². The van der Waals surface area contributed by atoms with E-state index in [0.717, 1.165) is 9.65 Å². The lowest BCUT2D eigenvalue weighted by molar-refractivity contribution is -0.131. The van der Waals surface area contributed by atoms with Crippen LogP contribution in [-0.4, -0.2) is 11.1 Å². The van der Waals surface area contributed by atoms with Crippen molar-refractivity contribution in [2.45, 2.75) is 0 Å². The van der Waals surface area contributed by atoms with Crippen molar-refractivity contribution in [3.63, 3.8) is 0 Å². The second-order valence-corrected chi connectivity index (χ2v) is 4.56. The Labute approximate surface area is 102 Å². The van der Waals surface area contributed by atoms with Crippen molar-refractivity contribution in [1.82, 2.24) is 0 Å². The summed E-state index contributed by atoms with van der Waals surface area (Å²) in [5, 5.41) is 8.38. The summed E-state index contributed by atoms with van der Waals surface area (Å²) < 4.78 is 14.5. The molecule has 74 valence electrons. The van der Waals surface area contributed by atoms with Gasteiger partial charge in [0.1, 0.15) is 5.82 Å². The van der Waals surface area contributed by atoms with Crippen molar-refractivity contribution in [3.8, 4) is 0 Å². The van der Waals surface area contributed by atoms with Crippen molar-refractivity contribution in [2.24, 2.45) is 0 Å². The van der Waals surface area contributed by atoms with Crippen molar-refractivity contribution in [3.05, 3.63) is 37.6 Å². The van der Waals surface area contributed by atoms with Crippen LogP contribution in [0.3, 0.4) is 0 Å². The van der Waals surface area contributed by atoms with E-state index in [2.05, 4.69) is 15.9 Å². The Bertz CT molecular complexity index is 404. The Morgan fingerprint density at radius 2 is 2.21 bits per heavy atom. The Balaban J connectivity index is 3.14. The Kier molecular flexibility index (Phi) is 4.06. The van der Waals surface area contributed by atoms with Crippen LogP contribution in [0.15, 0.2) is 22.7 Å². The Hall–Kier alpha value is -0.430. The number of halogens is 3. The lowest BCUT2D eigenvalue weighted by Gasteiger charge is -2.00. The largest absolute Gasteiger partial charge is 0.478 e. The molecular weight excluding hydrogens is 366 g/mol. The highest BCUT2D eigenvalue weighted by Crippen LogP contribution is 2.23. The molecule has 0 amide bonds. The van der Waals surface area contributed by atoms with E-state index in [0.29, 0.717) is 4.47 Å². The summed E-state index contributed by atoms with van der Waals surface area (Å²) in [6.07, 6.45) is 2.13. The maximum Gasteiger partial charge on any atom is 0.328 e. The molecule has 1 N–H and O–H groups in total. The SMILES string of the molecule is O=C(O)/C=C/c1cc(I)cc(Br)c1F. The number of carbonyl (C=O) groups is 1. The fourth-order valence-corrected chi connectivity index (χ4v) is 2.41. The summed E-state index contributed by atoms with van der Waals surface area (Å²) in [5.41, 5.74) is 0.256. The second-order valence-electron chi connectivity index (χ2n) is 2.46. The first-order valence-electron chi connectivity index (χ1n) is 3.56. The lowest BCUT2D eigenvalue weighted by atomic mass is 10.2. The zero-order valence-electron chi connectivity index (χ0n) is 6.80. The standard InChI is InChI=1S/C9H5BrFIO2/c10-7-4-6(12)3-5(9(7)11)1-2-8(13)14/h1-4H,(H,13,14)/b2-1+. The van der Waals surface area contributed by atoms with Crippen LogP contribution >= 0.6 is 38.5 Å². The van der Waals surface area contributed by atoms with Gasteiger partial charge in [-0.3, -0.25) is 0 Å². The van der Waals surface area contributed by atoms with E-state index >= 15 is 0 Å². The second kappa shape index (κ2) is 4.88. The minimum absolute atomic E-state index is 0.256. The van der Waals surface area contributed by atoms with Gasteiger partial charge in [-0.15, -0.1) is 0 Å². The van der Waals surface area contributed by atoms with Gasteiger partial charge in [-0.1, -0.05) is 0 Å². The first-order valence-corrected chi connectivity index (χ1v) is 5.43. The number of rotatable bonds is 2. The van der Waals surface area contributed by atoms with Gasteiger partial charge in [0.15, 0.2) is 0 Å². The van der Waals surface area contributed by atoms with E-state index < -0.39 is 11.8 Å². The zero-order valence-corrected chi connectivity index (χ0v) is 10.5. The zero-order chi connectivity index (χ0) is 10.7. The van der Waals surface area contributed by atoms with Crippen LogP contribution in [0.5, 0.6) is 0 Å². The molecule has 0 aliphatic rings. The molecule has 0 bridgehead atoms. The molecule has 1 aromatic carbocycles. The molecule has 0 unspecified atom stereocenters. The number of carboxylic acid groups (broad SMARTS) is 1. The Morgan fingerprint density at radius 3 is 2.79 bits per heavy atom. The van der Waals surface area contributed by atoms with Crippen LogP contribution < -0.4 is 0 Å². The summed E-state index contributed by atoms with van der Waals surface area (Å²) >= 11 is 5.07. The van der Waals surface area contributed by atoms with Crippen molar-refractivity contribution >= 4 is 50.6 Å². The molecule has 5 heteroatoms. The molecular formula is C9H5BrFIO2. The molecule has 0 saturated heterocycles. The predicted octanol–water partition coefficient (Wildman–Crippen LogP) is 3.29. The summed E-state index contributed by atoms with van der Waals surface area (Å²) in [4.78, 5) is 10.2. The molecule has 1 rings (SSSR count). The molecule has 0 atom stereocenters. The van der Waals surface area contributed by atoms with Gasteiger partial charge in [-0.2, -0.15) is 0 Å². The van der Waals surface area contributed by atoms with E-state index in [1.807, 2.05) is 22.6 Å². The molecule has 14 heavy (non-hydrogen) atoms. The van der Waals surface area contributed by atoms with E-state index in [4.69, 9.17) is 5.11 Å². The van der Waals surface area contributed by atoms with E-state index in [-0.39, 0.29) is 5.56 Å². The van der Waals surface area contributed by atoms with E-state index in [1.54, 1.807) is 12.1 Å². The Morgan fingerprint density at radius 1 is 1.57 bits per heavy atom. The van der Waals surface area contributed by atoms with Crippen molar-refractivity contribution in [2.75, 3.05) is 0 Å². The summed E-state index contributed by atoms with van der Waals surface area (Å²) in [6, 6.07) is 3.19. The third-order valence-electron chi connectivity index (χ3n) is 1.43. The summed E-state index contributed by atoms with van der Waals surface area (Å²) in [6.45, 7) is 0. The van der Waals surface area contributed by atoms with E-state index in [1.165, 1.54) is 6.08 Å². The fourth-order valence-electron chi connectivity index (χ4n) is 0.858. The minimum atomic E-state index is -1.10. The van der Waals surface area contributed by atoms with Crippen LogP contribution in [0.25, 0.3) is 6.08 Å². The van der Waals surface area contributed by atoms with Gasteiger partial charge < -0.3 is 5.11 Å². The quantitative estimate of drug-likeness (QED) is 0.492. The molecule has 0 spiro atoms. The predicted molar refractivity (Wildman–Crippen MR) is 63.5 cm³/mol. The first-order chi connectivity index (χ1) is 6.50. The molecule has 0 heterocycles. The van der Waals surface area contributed by atoms with Gasteiger partial charge in [0.25, 0.3) is 0 Å². The molecule has 2 nitrogen and oxygen atoms in total. The van der Waals surface area contributed by atoms with E-state index in [9.17, 15) is 9.18 Å². The van der Waals surface area contributed by atoms with Crippen molar-refractivity contribution in [1.29, 1.82) is 0 Å². The third kappa shape index (κ3) is 3.06. The van der Waals surface area contributed by atoms with Crippen LogP contribution in [0.4, 0.5) is 4.39 Å². The highest BCUT2D eigenvalue weighted by atomic mass is 127. The summed E-state index contributed by atoms with van der Waals surface area (Å²) in [7, 11) is 0. The number of hydrogen-bond acceptors (Lipinski definition) is 1. The molecule has 0 radical (unpaired) electrons. The third-order valence-corrected chi connectivity index (χ3v) is 2.63. The molecule has 0 aromatic heterocycles. The molecule has 1 aromatic rings. The maximum absolute atomic E-state index is 13.3. The first kappa shape index (κ1) is 11.6. The average Bonchev–Trinajstić information content (AvgIpc) is 2.08. The average molecular weight is 371 g/mol. The van der Waals surface area contributed by atoms with Crippen LogP contribution in [0, 0.1) is 9.39 Å². The smallest absolute Gasteiger partial charge is 0.328 e. The molecule has 0 saturated carbocycles. The van der Waals surface area contributed by atoms with Gasteiger partial charge in [0.05, 0.1) is 4.47 Å². The highest BCUT2D eigenvalue weighted by molar-refractivity contribution is 14.1. The highest BCUT2D eigenvalue weighted by Gasteiger charge is 2.05. The van der Waals surface area contributed by atoms with Crippen LogP contribution in [0.2, 0.25) is 0 Å². The number of aliphatic carboxylic acids is 1. The van der Waals surface area contributed by atoms with Gasteiger partial charge in [0, 0.05) is 15.2 Å². The van der Waals surface area contributed by atoms with Crippen LogP contribution in [0.1, 0.15) is 5.56 Å².